The van der Waals surface area contributed by atoms with E-state index in [1.807, 2.05) is 17.0 Å². The number of likely N-dealkylation sites (tertiary alicyclic amines) is 1. The number of amides is 1. The Bertz CT molecular complexity index is 569. The number of ether oxygens (including phenoxy) is 1. The fraction of sp³-hybridized carbons (Fsp3) is 0.375. The molecule has 2 rings (SSSR count). The topological polar surface area (TPSA) is 65.4 Å². The van der Waals surface area contributed by atoms with Crippen molar-refractivity contribution in [2.75, 3.05) is 25.5 Å². The lowest BCUT2D eigenvalue weighted by atomic mass is 10.1. The summed E-state index contributed by atoms with van der Waals surface area (Å²) < 4.78 is 5.18. The predicted octanol–water partition coefficient (Wildman–Crippen LogP) is 2.53. The fourth-order valence-corrected chi connectivity index (χ4v) is 2.31. The average molecular weight is 285 g/mol. The van der Waals surface area contributed by atoms with Gasteiger partial charge in [-0.25, -0.2) is 0 Å². The highest BCUT2D eigenvalue weighted by atomic mass is 16.5. The van der Waals surface area contributed by atoms with Crippen molar-refractivity contribution in [3.63, 3.8) is 0 Å². The van der Waals surface area contributed by atoms with E-state index in [1.165, 1.54) is 6.42 Å². The number of carbonyl (C=O) groups excluding carboxylic acids is 1. The van der Waals surface area contributed by atoms with Crippen LogP contribution in [0.25, 0.3) is 0 Å². The number of benzene rings is 1. The molecule has 110 valence electrons. The van der Waals surface area contributed by atoms with Gasteiger partial charge >= 0.3 is 0 Å². The maximum absolute atomic E-state index is 12.2. The molecule has 1 N–H and O–H groups in total. The molecule has 0 spiro atoms. The van der Waals surface area contributed by atoms with Crippen molar-refractivity contribution in [2.24, 2.45) is 0 Å². The van der Waals surface area contributed by atoms with Crippen molar-refractivity contribution in [1.29, 1.82) is 5.26 Å². The van der Waals surface area contributed by atoms with E-state index in [0.717, 1.165) is 25.9 Å². The first-order chi connectivity index (χ1) is 10.2. The van der Waals surface area contributed by atoms with E-state index >= 15 is 0 Å². The Hall–Kier alpha value is -2.48. The van der Waals surface area contributed by atoms with Gasteiger partial charge in [0, 0.05) is 19.3 Å². The molecule has 0 saturated carbocycles. The summed E-state index contributed by atoms with van der Waals surface area (Å²) in [7, 11) is 1.54. The molecule has 1 aliphatic rings. The first kappa shape index (κ1) is 14.9. The van der Waals surface area contributed by atoms with Crippen molar-refractivity contribution < 1.29 is 9.53 Å². The van der Waals surface area contributed by atoms with E-state index in [4.69, 9.17) is 4.74 Å². The highest BCUT2D eigenvalue weighted by Gasteiger charge is 2.14. The zero-order chi connectivity index (χ0) is 15.1. The molecule has 1 saturated heterocycles. The second kappa shape index (κ2) is 7.34. The van der Waals surface area contributed by atoms with Gasteiger partial charge in [-0.2, -0.15) is 5.26 Å². The number of nitrogens with one attached hydrogen (secondary N) is 1. The van der Waals surface area contributed by atoms with E-state index in [9.17, 15) is 10.1 Å². The second-order valence-corrected chi connectivity index (χ2v) is 4.91. The molecule has 0 aliphatic carbocycles. The fourth-order valence-electron chi connectivity index (χ4n) is 2.31. The molecule has 1 heterocycles. The molecule has 21 heavy (non-hydrogen) atoms. The summed E-state index contributed by atoms with van der Waals surface area (Å²) in [6.07, 6.45) is 5.07. The van der Waals surface area contributed by atoms with Crippen molar-refractivity contribution in [3.05, 3.63) is 36.0 Å². The first-order valence-corrected chi connectivity index (χ1v) is 7.05. The van der Waals surface area contributed by atoms with Gasteiger partial charge in [0.15, 0.2) is 0 Å². The molecular formula is C16H19N3O2. The summed E-state index contributed by atoms with van der Waals surface area (Å²) in [5.41, 5.74) is 0.674. The van der Waals surface area contributed by atoms with E-state index < -0.39 is 5.91 Å². The number of carbonyl (C=O) groups is 1. The minimum absolute atomic E-state index is 0.114. The third-order valence-electron chi connectivity index (χ3n) is 3.42. The first-order valence-electron chi connectivity index (χ1n) is 7.05. The molecule has 5 nitrogen and oxygen atoms in total. The summed E-state index contributed by atoms with van der Waals surface area (Å²) in [6, 6.07) is 9.10. The zero-order valence-electron chi connectivity index (χ0n) is 12.1. The molecule has 0 bridgehead atoms. The highest BCUT2D eigenvalue weighted by molar-refractivity contribution is 6.07. The predicted molar refractivity (Wildman–Crippen MR) is 80.7 cm³/mol. The average Bonchev–Trinajstić information content (AvgIpc) is 2.54. The quantitative estimate of drug-likeness (QED) is 0.682. The number of nitrogens with zero attached hydrogens (tertiary/aromatic N) is 2. The summed E-state index contributed by atoms with van der Waals surface area (Å²) in [4.78, 5) is 14.2. The van der Waals surface area contributed by atoms with Crippen LogP contribution < -0.4 is 10.1 Å². The maximum Gasteiger partial charge on any atom is 0.267 e. The summed E-state index contributed by atoms with van der Waals surface area (Å²) in [6.45, 7) is 1.79. The van der Waals surface area contributed by atoms with Gasteiger partial charge in [0.2, 0.25) is 0 Å². The molecule has 1 aliphatic heterocycles. The van der Waals surface area contributed by atoms with Crippen LogP contribution in [0.1, 0.15) is 19.3 Å². The van der Waals surface area contributed by atoms with Gasteiger partial charge in [-0.05, 0) is 31.4 Å². The van der Waals surface area contributed by atoms with Crippen LogP contribution in [0.5, 0.6) is 5.75 Å². The van der Waals surface area contributed by atoms with Gasteiger partial charge in [-0.15, -0.1) is 0 Å². The molecule has 1 aromatic rings. The minimum atomic E-state index is -0.410. The maximum atomic E-state index is 12.2. The molecule has 5 heteroatoms. The molecule has 0 radical (unpaired) electrons. The molecular weight excluding hydrogens is 266 g/mol. The molecule has 0 aromatic heterocycles. The van der Waals surface area contributed by atoms with Crippen LogP contribution in [-0.2, 0) is 4.79 Å². The number of piperidine rings is 1. The number of rotatable bonds is 4. The highest BCUT2D eigenvalue weighted by Crippen LogP contribution is 2.23. The number of anilines is 1. The number of nitriles is 1. The van der Waals surface area contributed by atoms with E-state index in [1.54, 1.807) is 31.5 Å². The van der Waals surface area contributed by atoms with Crippen molar-refractivity contribution in [1.82, 2.24) is 4.90 Å². The van der Waals surface area contributed by atoms with Gasteiger partial charge in [0.25, 0.3) is 5.91 Å². The van der Waals surface area contributed by atoms with Gasteiger partial charge in [-0.3, -0.25) is 4.79 Å². The molecule has 0 atom stereocenters. The van der Waals surface area contributed by atoms with E-state index in [0.29, 0.717) is 11.4 Å². The number of hydrogen-bond acceptors (Lipinski definition) is 4. The monoisotopic (exact) mass is 285 g/mol. The van der Waals surface area contributed by atoms with Crippen molar-refractivity contribution in [3.8, 4) is 11.8 Å². The van der Waals surface area contributed by atoms with Crippen molar-refractivity contribution in [2.45, 2.75) is 19.3 Å². The van der Waals surface area contributed by atoms with Crippen LogP contribution in [-0.4, -0.2) is 31.0 Å². The van der Waals surface area contributed by atoms with E-state index in [2.05, 4.69) is 5.32 Å². The zero-order valence-corrected chi connectivity index (χ0v) is 12.1. The Labute approximate surface area is 124 Å². The van der Waals surface area contributed by atoms with Crippen molar-refractivity contribution >= 4 is 11.6 Å². The second-order valence-electron chi connectivity index (χ2n) is 4.91. The smallest absolute Gasteiger partial charge is 0.267 e. The van der Waals surface area contributed by atoms with E-state index in [-0.39, 0.29) is 5.57 Å². The van der Waals surface area contributed by atoms with Crippen LogP contribution in [0.4, 0.5) is 5.69 Å². The lowest BCUT2D eigenvalue weighted by Crippen LogP contribution is -2.26. The Morgan fingerprint density at radius 3 is 2.71 bits per heavy atom. The molecule has 1 aromatic carbocycles. The van der Waals surface area contributed by atoms with Gasteiger partial charge in [-0.1, -0.05) is 12.1 Å². The minimum Gasteiger partial charge on any atom is -0.495 e. The summed E-state index contributed by atoms with van der Waals surface area (Å²) in [5, 5.41) is 11.9. The lowest BCUT2D eigenvalue weighted by Gasteiger charge is -2.25. The van der Waals surface area contributed by atoms with Gasteiger partial charge in [0.05, 0.1) is 12.8 Å². The number of para-hydroxylation sites is 2. The Morgan fingerprint density at radius 1 is 1.33 bits per heavy atom. The lowest BCUT2D eigenvalue weighted by molar-refractivity contribution is -0.112. The molecule has 0 unspecified atom stereocenters. The van der Waals surface area contributed by atoms with Gasteiger partial charge < -0.3 is 15.0 Å². The standard InChI is InChI=1S/C16H19N3O2/c1-21-15-8-4-3-7-14(15)18-16(20)13(11-17)12-19-9-5-2-6-10-19/h3-4,7-8,12H,2,5-6,9-10H2,1H3,(H,18,20)/b13-12-. The van der Waals surface area contributed by atoms with Crippen LogP contribution in [0.3, 0.4) is 0 Å². The molecule has 1 amide bonds. The normalized spacial score (nSPS) is 15.2. The SMILES string of the molecule is COc1ccccc1NC(=O)/C(C#N)=C\N1CCCCC1. The third-order valence-corrected chi connectivity index (χ3v) is 3.42. The molecule has 1 fully saturated rings. The summed E-state index contributed by atoms with van der Waals surface area (Å²) in [5.74, 6) is 0.161. The van der Waals surface area contributed by atoms with Crippen LogP contribution in [0, 0.1) is 11.3 Å². The van der Waals surface area contributed by atoms with Crippen LogP contribution in [0.15, 0.2) is 36.0 Å². The van der Waals surface area contributed by atoms with Crippen LogP contribution >= 0.6 is 0 Å². The Balaban J connectivity index is 2.10. The van der Waals surface area contributed by atoms with Gasteiger partial charge in [0.1, 0.15) is 17.4 Å². The third kappa shape index (κ3) is 3.99. The number of hydrogen-bond donors (Lipinski definition) is 1. The van der Waals surface area contributed by atoms with Crippen LogP contribution in [0.2, 0.25) is 0 Å². The Kier molecular flexibility index (Phi) is 5.22. The largest absolute Gasteiger partial charge is 0.495 e. The number of methoxy groups -OCH3 is 1. The summed E-state index contributed by atoms with van der Waals surface area (Å²) >= 11 is 0. The Morgan fingerprint density at radius 2 is 2.05 bits per heavy atom.